The maximum absolute atomic E-state index is 10.9. The van der Waals surface area contributed by atoms with Crippen LogP contribution in [0.2, 0.25) is 0 Å². The second-order valence-corrected chi connectivity index (χ2v) is 3.82. The Labute approximate surface area is 72.4 Å². The molecule has 0 aliphatic heterocycles. The lowest BCUT2D eigenvalue weighted by Crippen LogP contribution is -2.38. The van der Waals surface area contributed by atoms with E-state index in [0.717, 1.165) is 12.8 Å². The van der Waals surface area contributed by atoms with Crippen LogP contribution in [0.3, 0.4) is 0 Å². The van der Waals surface area contributed by atoms with Gasteiger partial charge in [-0.3, -0.25) is 4.79 Å². The normalized spacial score (nSPS) is 20.2. The third-order valence-corrected chi connectivity index (χ3v) is 2.65. The maximum Gasteiger partial charge on any atom is 0.134 e. The van der Waals surface area contributed by atoms with Crippen molar-refractivity contribution in [2.24, 2.45) is 0 Å². The number of carbonyl (C=O) groups is 1. The van der Waals surface area contributed by atoms with Gasteiger partial charge < -0.3 is 0 Å². The SMILES string of the molecule is CC1(c2ccccc2)CC(=O)C1. The van der Waals surface area contributed by atoms with Crippen molar-refractivity contribution >= 4 is 5.78 Å². The smallest absolute Gasteiger partial charge is 0.134 e. The fourth-order valence-corrected chi connectivity index (χ4v) is 1.86. The zero-order valence-corrected chi connectivity index (χ0v) is 7.21. The van der Waals surface area contributed by atoms with Crippen LogP contribution < -0.4 is 0 Å². The summed E-state index contributed by atoms with van der Waals surface area (Å²) in [7, 11) is 0. The van der Waals surface area contributed by atoms with Crippen LogP contribution in [0.4, 0.5) is 0 Å². The van der Waals surface area contributed by atoms with E-state index in [9.17, 15) is 4.79 Å². The van der Waals surface area contributed by atoms with Crippen LogP contribution in [-0.2, 0) is 10.2 Å². The summed E-state index contributed by atoms with van der Waals surface area (Å²) >= 11 is 0. The van der Waals surface area contributed by atoms with E-state index in [1.54, 1.807) is 0 Å². The highest BCUT2D eigenvalue weighted by Crippen LogP contribution is 2.40. The number of benzene rings is 1. The summed E-state index contributed by atoms with van der Waals surface area (Å²) in [5.74, 6) is 0.390. The highest BCUT2D eigenvalue weighted by atomic mass is 16.1. The second kappa shape index (κ2) is 2.44. The Bertz CT molecular complexity index is 292. The molecule has 0 heterocycles. The zero-order valence-electron chi connectivity index (χ0n) is 7.21. The number of hydrogen-bond donors (Lipinski definition) is 0. The molecule has 0 unspecified atom stereocenters. The van der Waals surface area contributed by atoms with Crippen LogP contribution in [0, 0.1) is 0 Å². The fraction of sp³-hybridized carbons (Fsp3) is 0.364. The largest absolute Gasteiger partial charge is 0.300 e. The minimum Gasteiger partial charge on any atom is -0.300 e. The van der Waals surface area contributed by atoms with Gasteiger partial charge in [0.25, 0.3) is 0 Å². The molecule has 12 heavy (non-hydrogen) atoms. The molecule has 62 valence electrons. The highest BCUT2D eigenvalue weighted by Gasteiger charge is 2.40. The molecular weight excluding hydrogens is 148 g/mol. The summed E-state index contributed by atoms with van der Waals surface area (Å²) < 4.78 is 0. The Morgan fingerprint density at radius 1 is 1.17 bits per heavy atom. The lowest BCUT2D eigenvalue weighted by molar-refractivity contribution is -0.127. The summed E-state index contributed by atoms with van der Waals surface area (Å²) in [6.45, 7) is 2.16. The van der Waals surface area contributed by atoms with Crippen molar-refractivity contribution in [3.63, 3.8) is 0 Å². The molecule has 1 fully saturated rings. The van der Waals surface area contributed by atoms with E-state index in [4.69, 9.17) is 0 Å². The van der Waals surface area contributed by atoms with Crippen LogP contribution in [0.1, 0.15) is 25.3 Å². The van der Waals surface area contributed by atoms with Gasteiger partial charge in [0.15, 0.2) is 0 Å². The number of carbonyl (C=O) groups excluding carboxylic acids is 1. The van der Waals surface area contributed by atoms with Crippen LogP contribution in [0.25, 0.3) is 0 Å². The van der Waals surface area contributed by atoms with Gasteiger partial charge in [0.05, 0.1) is 0 Å². The van der Waals surface area contributed by atoms with Crippen LogP contribution in [0.5, 0.6) is 0 Å². The third kappa shape index (κ3) is 1.06. The number of Topliss-reactive ketones (excluding diaryl/α,β-unsaturated/α-hetero) is 1. The summed E-state index contributed by atoms with van der Waals surface area (Å²) in [5, 5.41) is 0. The first-order chi connectivity index (χ1) is 5.71. The minimum atomic E-state index is 0.137. The fourth-order valence-electron chi connectivity index (χ4n) is 1.86. The molecule has 1 aromatic rings. The van der Waals surface area contributed by atoms with E-state index in [-0.39, 0.29) is 5.41 Å². The number of rotatable bonds is 1. The molecule has 0 saturated heterocycles. The highest BCUT2D eigenvalue weighted by molar-refractivity contribution is 5.88. The molecule has 1 saturated carbocycles. The van der Waals surface area contributed by atoms with Gasteiger partial charge in [0, 0.05) is 18.3 Å². The van der Waals surface area contributed by atoms with Crippen molar-refractivity contribution in [3.8, 4) is 0 Å². The van der Waals surface area contributed by atoms with Crippen molar-refractivity contribution in [2.45, 2.75) is 25.2 Å². The summed E-state index contributed by atoms with van der Waals surface area (Å²) in [5.41, 5.74) is 1.43. The average molecular weight is 160 g/mol. The van der Waals surface area contributed by atoms with E-state index in [1.165, 1.54) is 5.56 Å². The van der Waals surface area contributed by atoms with E-state index < -0.39 is 0 Å². The third-order valence-electron chi connectivity index (χ3n) is 2.65. The molecule has 1 aromatic carbocycles. The number of ketones is 1. The van der Waals surface area contributed by atoms with Gasteiger partial charge in [-0.25, -0.2) is 0 Å². The molecule has 1 heteroatoms. The van der Waals surface area contributed by atoms with Gasteiger partial charge in [-0.1, -0.05) is 37.3 Å². The monoisotopic (exact) mass is 160 g/mol. The van der Waals surface area contributed by atoms with E-state index >= 15 is 0 Å². The standard InChI is InChI=1S/C11H12O/c1-11(7-10(12)8-11)9-5-3-2-4-6-9/h2-6H,7-8H2,1H3. The first-order valence-electron chi connectivity index (χ1n) is 4.28. The Hall–Kier alpha value is -1.11. The van der Waals surface area contributed by atoms with E-state index in [1.807, 2.05) is 18.2 Å². The first kappa shape index (κ1) is 7.53. The summed E-state index contributed by atoms with van der Waals surface area (Å²) in [6, 6.07) is 10.3. The van der Waals surface area contributed by atoms with Gasteiger partial charge in [-0.15, -0.1) is 0 Å². The van der Waals surface area contributed by atoms with E-state index in [0.29, 0.717) is 5.78 Å². The van der Waals surface area contributed by atoms with Crippen molar-refractivity contribution < 1.29 is 4.79 Å². The molecule has 0 bridgehead atoms. The molecule has 1 nitrogen and oxygen atoms in total. The molecule has 0 spiro atoms. The van der Waals surface area contributed by atoms with Gasteiger partial charge in [-0.05, 0) is 5.56 Å². The van der Waals surface area contributed by atoms with Gasteiger partial charge in [-0.2, -0.15) is 0 Å². The van der Waals surface area contributed by atoms with E-state index in [2.05, 4.69) is 19.1 Å². The van der Waals surface area contributed by atoms with Crippen molar-refractivity contribution in [2.75, 3.05) is 0 Å². The Balaban J connectivity index is 2.27. The Kier molecular flexibility index (Phi) is 1.53. The van der Waals surface area contributed by atoms with Gasteiger partial charge >= 0.3 is 0 Å². The van der Waals surface area contributed by atoms with Crippen molar-refractivity contribution in [1.29, 1.82) is 0 Å². The molecular formula is C11H12O. The lowest BCUT2D eigenvalue weighted by Gasteiger charge is -2.37. The summed E-state index contributed by atoms with van der Waals surface area (Å²) in [6.07, 6.45) is 1.44. The lowest BCUT2D eigenvalue weighted by atomic mass is 9.65. The molecule has 0 atom stereocenters. The van der Waals surface area contributed by atoms with Crippen molar-refractivity contribution in [3.05, 3.63) is 35.9 Å². The second-order valence-electron chi connectivity index (χ2n) is 3.82. The molecule has 0 N–H and O–H groups in total. The minimum absolute atomic E-state index is 0.137. The van der Waals surface area contributed by atoms with Gasteiger partial charge in [0.2, 0.25) is 0 Å². The number of hydrogen-bond acceptors (Lipinski definition) is 1. The van der Waals surface area contributed by atoms with Gasteiger partial charge in [0.1, 0.15) is 5.78 Å². The molecule has 0 aromatic heterocycles. The predicted molar refractivity (Wildman–Crippen MR) is 48.0 cm³/mol. The van der Waals surface area contributed by atoms with Crippen molar-refractivity contribution in [1.82, 2.24) is 0 Å². The molecule has 1 aliphatic carbocycles. The molecule has 0 radical (unpaired) electrons. The molecule has 0 amide bonds. The quantitative estimate of drug-likeness (QED) is 0.616. The summed E-state index contributed by atoms with van der Waals surface area (Å²) in [4.78, 5) is 10.9. The average Bonchev–Trinajstić information content (AvgIpc) is 2.04. The Morgan fingerprint density at radius 2 is 1.75 bits per heavy atom. The van der Waals surface area contributed by atoms with Crippen LogP contribution in [-0.4, -0.2) is 5.78 Å². The maximum atomic E-state index is 10.9. The van der Waals surface area contributed by atoms with Crippen LogP contribution >= 0.6 is 0 Å². The van der Waals surface area contributed by atoms with Crippen LogP contribution in [0.15, 0.2) is 30.3 Å². The molecule has 1 aliphatic rings. The Morgan fingerprint density at radius 3 is 2.25 bits per heavy atom. The predicted octanol–water partition coefficient (Wildman–Crippen LogP) is 2.31. The topological polar surface area (TPSA) is 17.1 Å². The zero-order chi connectivity index (χ0) is 8.60. The first-order valence-corrected chi connectivity index (χ1v) is 4.28. The molecule has 2 rings (SSSR count).